The fourth-order valence-corrected chi connectivity index (χ4v) is 3.16. The van der Waals surface area contributed by atoms with Gasteiger partial charge < -0.3 is 10.0 Å². The standard InChI is InChI=1S/C16H16INO/c1-11-16-7-6-15(19)10-12(16)8-9-18(11)14-4-2-13(17)3-5-14/h2-7,10-11,19H,8-9H2,1H3. The quantitative estimate of drug-likeness (QED) is 0.769. The van der Waals surface area contributed by atoms with E-state index < -0.39 is 0 Å². The van der Waals surface area contributed by atoms with Gasteiger partial charge in [-0.15, -0.1) is 0 Å². The second-order valence-corrected chi connectivity index (χ2v) is 6.22. The lowest BCUT2D eigenvalue weighted by Crippen LogP contribution is -2.33. The summed E-state index contributed by atoms with van der Waals surface area (Å²) < 4.78 is 1.26. The summed E-state index contributed by atoms with van der Waals surface area (Å²) in [4.78, 5) is 2.43. The van der Waals surface area contributed by atoms with Gasteiger partial charge in [-0.3, -0.25) is 0 Å². The summed E-state index contributed by atoms with van der Waals surface area (Å²) in [5.74, 6) is 0.369. The molecule has 1 aliphatic heterocycles. The molecule has 0 spiro atoms. The molecular weight excluding hydrogens is 349 g/mol. The minimum atomic E-state index is 0.351. The molecular formula is C16H16INO. The van der Waals surface area contributed by atoms with Crippen molar-refractivity contribution in [2.75, 3.05) is 11.4 Å². The van der Waals surface area contributed by atoms with Crippen molar-refractivity contribution in [2.24, 2.45) is 0 Å². The van der Waals surface area contributed by atoms with Crippen LogP contribution in [0.15, 0.2) is 42.5 Å². The van der Waals surface area contributed by atoms with Crippen molar-refractivity contribution >= 4 is 28.3 Å². The van der Waals surface area contributed by atoms with Gasteiger partial charge in [0.25, 0.3) is 0 Å². The molecule has 0 saturated carbocycles. The number of hydrogen-bond acceptors (Lipinski definition) is 2. The first-order valence-corrected chi connectivity index (χ1v) is 7.57. The number of nitrogens with zero attached hydrogens (tertiary/aromatic N) is 1. The molecule has 1 heterocycles. The summed E-state index contributed by atoms with van der Waals surface area (Å²) in [6, 6.07) is 14.7. The van der Waals surface area contributed by atoms with E-state index >= 15 is 0 Å². The Bertz CT molecular complexity index is 594. The van der Waals surface area contributed by atoms with Gasteiger partial charge in [-0.1, -0.05) is 6.07 Å². The molecule has 0 saturated heterocycles. The van der Waals surface area contributed by atoms with Crippen molar-refractivity contribution in [3.63, 3.8) is 0 Å². The Morgan fingerprint density at radius 2 is 1.89 bits per heavy atom. The predicted octanol–water partition coefficient (Wildman–Crippen LogP) is 4.12. The largest absolute Gasteiger partial charge is 0.508 e. The molecule has 1 atom stereocenters. The maximum atomic E-state index is 9.57. The topological polar surface area (TPSA) is 23.5 Å². The van der Waals surface area contributed by atoms with Crippen LogP contribution in [0.4, 0.5) is 5.69 Å². The van der Waals surface area contributed by atoms with Crippen LogP contribution in [-0.2, 0) is 6.42 Å². The third kappa shape index (κ3) is 2.43. The second-order valence-electron chi connectivity index (χ2n) is 4.98. The van der Waals surface area contributed by atoms with Crippen LogP contribution in [-0.4, -0.2) is 11.7 Å². The first kappa shape index (κ1) is 12.8. The smallest absolute Gasteiger partial charge is 0.115 e. The van der Waals surface area contributed by atoms with E-state index in [-0.39, 0.29) is 0 Å². The van der Waals surface area contributed by atoms with Crippen molar-refractivity contribution in [3.8, 4) is 5.75 Å². The third-order valence-electron chi connectivity index (χ3n) is 3.82. The van der Waals surface area contributed by atoms with E-state index in [2.05, 4.69) is 58.7 Å². The van der Waals surface area contributed by atoms with Gasteiger partial charge in [0.15, 0.2) is 0 Å². The molecule has 19 heavy (non-hydrogen) atoms. The average Bonchev–Trinajstić information content (AvgIpc) is 2.40. The van der Waals surface area contributed by atoms with Gasteiger partial charge in [-0.2, -0.15) is 0 Å². The summed E-state index contributed by atoms with van der Waals surface area (Å²) in [5, 5.41) is 9.57. The molecule has 2 nitrogen and oxygen atoms in total. The summed E-state index contributed by atoms with van der Waals surface area (Å²) in [5.41, 5.74) is 3.86. The highest BCUT2D eigenvalue weighted by atomic mass is 127. The SMILES string of the molecule is CC1c2ccc(O)cc2CCN1c1ccc(I)cc1. The maximum absolute atomic E-state index is 9.57. The third-order valence-corrected chi connectivity index (χ3v) is 4.54. The van der Waals surface area contributed by atoms with Crippen LogP contribution < -0.4 is 4.90 Å². The van der Waals surface area contributed by atoms with Crippen LogP contribution in [0.25, 0.3) is 0 Å². The lowest BCUT2D eigenvalue weighted by Gasteiger charge is -2.37. The molecule has 3 heteroatoms. The number of phenols is 1. The highest BCUT2D eigenvalue weighted by Gasteiger charge is 2.24. The van der Waals surface area contributed by atoms with Crippen molar-refractivity contribution in [2.45, 2.75) is 19.4 Å². The summed E-state index contributed by atoms with van der Waals surface area (Å²) in [7, 11) is 0. The summed E-state index contributed by atoms with van der Waals surface area (Å²) in [6.07, 6.45) is 0.986. The van der Waals surface area contributed by atoms with Crippen LogP contribution in [0.3, 0.4) is 0 Å². The fourth-order valence-electron chi connectivity index (χ4n) is 2.80. The highest BCUT2D eigenvalue weighted by Crippen LogP contribution is 2.34. The number of rotatable bonds is 1. The summed E-state index contributed by atoms with van der Waals surface area (Å²) in [6.45, 7) is 3.23. The van der Waals surface area contributed by atoms with E-state index in [1.54, 1.807) is 6.07 Å². The van der Waals surface area contributed by atoms with Crippen LogP contribution in [0.5, 0.6) is 5.75 Å². The number of phenolic OH excluding ortho intramolecular Hbond substituents is 1. The number of halogens is 1. The Morgan fingerprint density at radius 3 is 2.63 bits per heavy atom. The zero-order chi connectivity index (χ0) is 13.4. The number of fused-ring (bicyclic) bond motifs is 1. The minimum absolute atomic E-state index is 0.351. The molecule has 2 aromatic carbocycles. The molecule has 0 aliphatic carbocycles. The molecule has 2 aromatic rings. The Kier molecular flexibility index (Phi) is 3.39. The van der Waals surface area contributed by atoms with Gasteiger partial charge in [0.05, 0.1) is 6.04 Å². The number of hydrogen-bond donors (Lipinski definition) is 1. The summed E-state index contributed by atoms with van der Waals surface area (Å²) >= 11 is 2.33. The number of anilines is 1. The molecule has 1 unspecified atom stereocenters. The van der Waals surface area contributed by atoms with Crippen molar-refractivity contribution in [1.82, 2.24) is 0 Å². The Balaban J connectivity index is 1.95. The van der Waals surface area contributed by atoms with Gasteiger partial charge in [0.2, 0.25) is 0 Å². The molecule has 0 bridgehead atoms. The Labute approximate surface area is 127 Å². The zero-order valence-corrected chi connectivity index (χ0v) is 13.0. The normalized spacial score (nSPS) is 18.2. The van der Waals surface area contributed by atoms with Gasteiger partial charge in [0, 0.05) is 15.8 Å². The molecule has 1 N–H and O–H groups in total. The van der Waals surface area contributed by atoms with E-state index in [0.717, 1.165) is 13.0 Å². The monoisotopic (exact) mass is 365 g/mol. The Hall–Kier alpha value is -1.23. The second kappa shape index (κ2) is 5.04. The molecule has 98 valence electrons. The van der Waals surface area contributed by atoms with Gasteiger partial charge in [0.1, 0.15) is 5.75 Å². The highest BCUT2D eigenvalue weighted by molar-refractivity contribution is 14.1. The first-order valence-electron chi connectivity index (χ1n) is 6.49. The molecule has 0 fully saturated rings. The van der Waals surface area contributed by atoms with E-state index in [4.69, 9.17) is 0 Å². The van der Waals surface area contributed by atoms with E-state index in [1.807, 2.05) is 12.1 Å². The molecule has 0 radical (unpaired) electrons. The van der Waals surface area contributed by atoms with Crippen LogP contribution in [0, 0.1) is 3.57 Å². The molecule has 0 aromatic heterocycles. The lowest BCUT2D eigenvalue weighted by molar-refractivity contribution is 0.473. The van der Waals surface area contributed by atoms with Gasteiger partial charge in [-0.25, -0.2) is 0 Å². The Morgan fingerprint density at radius 1 is 1.16 bits per heavy atom. The average molecular weight is 365 g/mol. The van der Waals surface area contributed by atoms with E-state index in [0.29, 0.717) is 11.8 Å². The fraction of sp³-hybridized carbons (Fsp3) is 0.250. The van der Waals surface area contributed by atoms with Gasteiger partial charge >= 0.3 is 0 Å². The van der Waals surface area contributed by atoms with Crippen LogP contribution in [0.1, 0.15) is 24.1 Å². The van der Waals surface area contributed by atoms with Crippen LogP contribution >= 0.6 is 22.6 Å². The number of aromatic hydroxyl groups is 1. The molecule has 1 aliphatic rings. The minimum Gasteiger partial charge on any atom is -0.508 e. The van der Waals surface area contributed by atoms with Crippen molar-refractivity contribution < 1.29 is 5.11 Å². The van der Waals surface area contributed by atoms with E-state index in [9.17, 15) is 5.11 Å². The first-order chi connectivity index (χ1) is 9.15. The van der Waals surface area contributed by atoms with Crippen molar-refractivity contribution in [1.29, 1.82) is 0 Å². The van der Waals surface area contributed by atoms with Crippen molar-refractivity contribution in [3.05, 3.63) is 57.2 Å². The lowest BCUT2D eigenvalue weighted by atomic mass is 9.93. The number of benzene rings is 2. The predicted molar refractivity (Wildman–Crippen MR) is 86.7 cm³/mol. The van der Waals surface area contributed by atoms with Crippen LogP contribution in [0.2, 0.25) is 0 Å². The zero-order valence-electron chi connectivity index (χ0n) is 10.8. The van der Waals surface area contributed by atoms with Gasteiger partial charge in [-0.05, 0) is 83.5 Å². The maximum Gasteiger partial charge on any atom is 0.115 e. The van der Waals surface area contributed by atoms with E-state index in [1.165, 1.54) is 20.4 Å². The molecule has 3 rings (SSSR count). The molecule has 0 amide bonds.